The Morgan fingerprint density at radius 3 is 2.63 bits per heavy atom. The van der Waals surface area contributed by atoms with Crippen LogP contribution in [0.4, 0.5) is 17.5 Å². The number of para-hydroxylation sites is 1. The SMILES string of the molecule is Nc1nc(N)c2[nH]c(CNc3ccccc3)nc2n1. The Kier molecular flexibility index (Phi) is 2.64. The molecule has 0 aliphatic heterocycles. The summed E-state index contributed by atoms with van der Waals surface area (Å²) in [6.07, 6.45) is 0. The lowest BCUT2D eigenvalue weighted by Crippen LogP contribution is -2.00. The maximum atomic E-state index is 5.75. The molecule has 2 heterocycles. The van der Waals surface area contributed by atoms with Gasteiger partial charge in [-0.1, -0.05) is 18.2 Å². The monoisotopic (exact) mass is 255 g/mol. The van der Waals surface area contributed by atoms with Gasteiger partial charge >= 0.3 is 0 Å². The fraction of sp³-hybridized carbons (Fsp3) is 0.0833. The second kappa shape index (κ2) is 4.45. The van der Waals surface area contributed by atoms with Crippen LogP contribution < -0.4 is 16.8 Å². The molecular weight excluding hydrogens is 242 g/mol. The third-order valence-corrected chi connectivity index (χ3v) is 2.68. The summed E-state index contributed by atoms with van der Waals surface area (Å²) in [5, 5.41) is 3.24. The van der Waals surface area contributed by atoms with E-state index in [4.69, 9.17) is 11.5 Å². The zero-order valence-electron chi connectivity index (χ0n) is 10.1. The van der Waals surface area contributed by atoms with Gasteiger partial charge in [-0.05, 0) is 12.1 Å². The molecule has 6 N–H and O–H groups in total. The van der Waals surface area contributed by atoms with Crippen molar-refractivity contribution in [1.82, 2.24) is 19.9 Å². The standard InChI is InChI=1S/C12H13N7/c13-10-9-11(19-12(14)18-10)17-8(16-9)6-15-7-4-2-1-3-5-7/h1-5,15H,6H2,(H5,13,14,16,17,18,19). The van der Waals surface area contributed by atoms with Crippen LogP contribution >= 0.6 is 0 Å². The van der Waals surface area contributed by atoms with Gasteiger partial charge < -0.3 is 21.8 Å². The predicted molar refractivity (Wildman–Crippen MR) is 74.3 cm³/mol. The van der Waals surface area contributed by atoms with Gasteiger partial charge in [-0.2, -0.15) is 9.97 Å². The number of hydrogen-bond acceptors (Lipinski definition) is 6. The number of H-pyrrole nitrogens is 1. The van der Waals surface area contributed by atoms with Gasteiger partial charge in [0.1, 0.15) is 11.3 Å². The number of nitrogens with one attached hydrogen (secondary N) is 2. The molecule has 0 radical (unpaired) electrons. The highest BCUT2D eigenvalue weighted by Gasteiger charge is 2.09. The number of aromatic nitrogens is 4. The number of nitrogens with two attached hydrogens (primary N) is 2. The topological polar surface area (TPSA) is 119 Å². The number of hydrogen-bond donors (Lipinski definition) is 4. The molecule has 19 heavy (non-hydrogen) atoms. The summed E-state index contributed by atoms with van der Waals surface area (Å²) >= 11 is 0. The third kappa shape index (κ3) is 2.25. The summed E-state index contributed by atoms with van der Waals surface area (Å²) in [6, 6.07) is 9.85. The summed E-state index contributed by atoms with van der Waals surface area (Å²) in [6.45, 7) is 0.541. The van der Waals surface area contributed by atoms with E-state index in [1.165, 1.54) is 0 Å². The lowest BCUT2D eigenvalue weighted by Gasteiger charge is -2.02. The quantitative estimate of drug-likeness (QED) is 0.557. The molecule has 2 aromatic heterocycles. The number of rotatable bonds is 3. The maximum absolute atomic E-state index is 5.75. The summed E-state index contributed by atoms with van der Waals surface area (Å²) in [4.78, 5) is 15.3. The van der Waals surface area contributed by atoms with Crippen molar-refractivity contribution < 1.29 is 0 Å². The molecule has 0 saturated carbocycles. The van der Waals surface area contributed by atoms with Gasteiger partial charge in [0.05, 0.1) is 6.54 Å². The molecule has 7 heteroatoms. The summed E-state index contributed by atoms with van der Waals surface area (Å²) in [5.41, 5.74) is 13.4. The van der Waals surface area contributed by atoms with Crippen LogP contribution in [0.5, 0.6) is 0 Å². The summed E-state index contributed by atoms with van der Waals surface area (Å²) in [5.74, 6) is 1.16. The van der Waals surface area contributed by atoms with Crippen molar-refractivity contribution in [3.63, 3.8) is 0 Å². The van der Waals surface area contributed by atoms with Gasteiger partial charge in [-0.15, -0.1) is 0 Å². The maximum Gasteiger partial charge on any atom is 0.224 e. The van der Waals surface area contributed by atoms with E-state index in [2.05, 4.69) is 25.3 Å². The molecule has 0 atom stereocenters. The Morgan fingerprint density at radius 2 is 1.84 bits per heavy atom. The second-order valence-electron chi connectivity index (χ2n) is 4.07. The number of aromatic amines is 1. The number of fused-ring (bicyclic) bond motifs is 1. The minimum Gasteiger partial charge on any atom is -0.382 e. The minimum atomic E-state index is 0.124. The Morgan fingerprint density at radius 1 is 1.05 bits per heavy atom. The van der Waals surface area contributed by atoms with E-state index >= 15 is 0 Å². The van der Waals surface area contributed by atoms with Crippen molar-refractivity contribution in [2.24, 2.45) is 0 Å². The highest BCUT2D eigenvalue weighted by Crippen LogP contribution is 2.16. The molecule has 0 aliphatic rings. The molecule has 3 aromatic rings. The second-order valence-corrected chi connectivity index (χ2v) is 4.07. The van der Waals surface area contributed by atoms with Gasteiger partial charge in [0.25, 0.3) is 0 Å². The summed E-state index contributed by atoms with van der Waals surface area (Å²) < 4.78 is 0. The molecule has 1 aromatic carbocycles. The molecular formula is C12H13N7. The molecule has 7 nitrogen and oxygen atoms in total. The molecule has 0 bridgehead atoms. The van der Waals surface area contributed by atoms with Gasteiger partial charge in [0, 0.05) is 5.69 Å². The zero-order valence-corrected chi connectivity index (χ0v) is 10.1. The van der Waals surface area contributed by atoms with Crippen LogP contribution in [0, 0.1) is 0 Å². The van der Waals surface area contributed by atoms with Crippen molar-refractivity contribution >= 4 is 28.6 Å². The highest BCUT2D eigenvalue weighted by molar-refractivity contribution is 5.82. The first-order valence-corrected chi connectivity index (χ1v) is 5.79. The van der Waals surface area contributed by atoms with Crippen LogP contribution in [0.25, 0.3) is 11.2 Å². The first-order valence-electron chi connectivity index (χ1n) is 5.79. The van der Waals surface area contributed by atoms with Crippen LogP contribution in [0.15, 0.2) is 30.3 Å². The van der Waals surface area contributed by atoms with Gasteiger partial charge in [-0.25, -0.2) is 4.98 Å². The lowest BCUT2D eigenvalue weighted by molar-refractivity contribution is 1.01. The van der Waals surface area contributed by atoms with Crippen LogP contribution in [-0.2, 0) is 6.54 Å². The van der Waals surface area contributed by atoms with E-state index in [1.807, 2.05) is 30.3 Å². The fourth-order valence-electron chi connectivity index (χ4n) is 1.81. The lowest BCUT2D eigenvalue weighted by atomic mass is 10.3. The van der Waals surface area contributed by atoms with Crippen LogP contribution in [0.3, 0.4) is 0 Å². The van der Waals surface area contributed by atoms with Crippen molar-refractivity contribution in [3.05, 3.63) is 36.2 Å². The smallest absolute Gasteiger partial charge is 0.224 e. The van der Waals surface area contributed by atoms with Gasteiger partial charge in [0.2, 0.25) is 5.95 Å². The predicted octanol–water partition coefficient (Wildman–Crippen LogP) is 1.13. The van der Waals surface area contributed by atoms with Crippen LogP contribution in [0.2, 0.25) is 0 Å². The van der Waals surface area contributed by atoms with Gasteiger partial charge in [0.15, 0.2) is 11.5 Å². The number of nitrogen functional groups attached to an aromatic ring is 2. The Hall–Kier alpha value is -2.83. The molecule has 0 amide bonds. The highest BCUT2D eigenvalue weighted by atomic mass is 15.1. The first kappa shape index (κ1) is 11.3. The normalized spacial score (nSPS) is 10.7. The Bertz CT molecular complexity index is 705. The van der Waals surface area contributed by atoms with Crippen molar-refractivity contribution in [2.45, 2.75) is 6.54 Å². The van der Waals surface area contributed by atoms with E-state index in [-0.39, 0.29) is 5.95 Å². The van der Waals surface area contributed by atoms with E-state index in [0.717, 1.165) is 11.5 Å². The average Bonchev–Trinajstić information content (AvgIpc) is 2.81. The molecule has 96 valence electrons. The molecule has 0 unspecified atom stereocenters. The number of anilines is 3. The van der Waals surface area contributed by atoms with E-state index < -0.39 is 0 Å². The van der Waals surface area contributed by atoms with Crippen molar-refractivity contribution in [1.29, 1.82) is 0 Å². The van der Waals surface area contributed by atoms with E-state index in [1.54, 1.807) is 0 Å². The molecule has 3 rings (SSSR count). The first-order chi connectivity index (χ1) is 9.22. The fourth-order valence-corrected chi connectivity index (χ4v) is 1.81. The van der Waals surface area contributed by atoms with Crippen molar-refractivity contribution in [3.8, 4) is 0 Å². The third-order valence-electron chi connectivity index (χ3n) is 2.68. The molecule has 0 fully saturated rings. The number of imidazole rings is 1. The minimum absolute atomic E-state index is 0.124. The van der Waals surface area contributed by atoms with E-state index in [0.29, 0.717) is 23.5 Å². The van der Waals surface area contributed by atoms with E-state index in [9.17, 15) is 0 Å². The number of nitrogens with zero attached hydrogens (tertiary/aromatic N) is 3. The van der Waals surface area contributed by atoms with Crippen molar-refractivity contribution in [2.75, 3.05) is 16.8 Å². The number of benzene rings is 1. The Labute approximate surface area is 109 Å². The largest absolute Gasteiger partial charge is 0.382 e. The van der Waals surface area contributed by atoms with Gasteiger partial charge in [-0.3, -0.25) is 0 Å². The molecule has 0 spiro atoms. The molecule has 0 saturated heterocycles. The average molecular weight is 255 g/mol. The van der Waals surface area contributed by atoms with Crippen LogP contribution in [-0.4, -0.2) is 19.9 Å². The summed E-state index contributed by atoms with van der Waals surface area (Å²) in [7, 11) is 0. The Balaban J connectivity index is 1.84. The molecule has 0 aliphatic carbocycles. The van der Waals surface area contributed by atoms with Crippen LogP contribution in [0.1, 0.15) is 5.82 Å². The zero-order chi connectivity index (χ0) is 13.2.